The summed E-state index contributed by atoms with van der Waals surface area (Å²) in [5.41, 5.74) is 3.99. The van der Waals surface area contributed by atoms with E-state index in [4.69, 9.17) is 32.7 Å². The topological polar surface area (TPSA) is 115 Å². The first kappa shape index (κ1) is 29.5. The molecule has 0 aliphatic heterocycles. The number of nitrogens with one attached hydrogen (secondary N) is 2. The lowest BCUT2D eigenvalue weighted by Crippen LogP contribution is -2.50. The van der Waals surface area contributed by atoms with Crippen molar-refractivity contribution in [2.45, 2.75) is 25.5 Å². The van der Waals surface area contributed by atoms with E-state index in [0.29, 0.717) is 22.1 Å². The van der Waals surface area contributed by atoms with Crippen LogP contribution in [0, 0.1) is 0 Å². The number of methoxy groups -OCH3 is 1. The Bertz CT molecular complexity index is 1300. The number of hydrazone groups is 1. The average molecular weight is 572 g/mol. The number of esters is 1. The predicted octanol–water partition coefficient (Wildman–Crippen LogP) is 4.19. The third kappa shape index (κ3) is 9.63. The van der Waals surface area contributed by atoms with Crippen molar-refractivity contribution in [1.29, 1.82) is 0 Å². The molecule has 2 N–H and O–H groups in total. The average Bonchev–Trinajstić information content (AvgIpc) is 2.93. The minimum atomic E-state index is -0.946. The van der Waals surface area contributed by atoms with E-state index in [9.17, 15) is 14.4 Å². The molecule has 0 fully saturated rings. The molecule has 0 unspecified atom stereocenters. The van der Waals surface area contributed by atoms with Gasteiger partial charge in [-0.2, -0.15) is 5.10 Å². The summed E-state index contributed by atoms with van der Waals surface area (Å²) in [4.78, 5) is 37.1. The third-order valence-electron chi connectivity index (χ3n) is 5.34. The molecule has 0 aliphatic carbocycles. The summed E-state index contributed by atoms with van der Waals surface area (Å²) >= 11 is 12.1. The summed E-state index contributed by atoms with van der Waals surface area (Å²) in [6.45, 7) is 1.35. The zero-order valence-electron chi connectivity index (χ0n) is 21.2. The van der Waals surface area contributed by atoms with Gasteiger partial charge in [-0.25, -0.2) is 10.2 Å². The number of hydrogen-bond donors (Lipinski definition) is 2. The molecule has 11 heteroatoms. The number of carbonyl (C=O) groups excluding carboxylic acids is 3. The predicted molar refractivity (Wildman–Crippen MR) is 148 cm³/mol. The molecule has 2 amide bonds. The number of carbonyl (C=O) groups is 3. The smallest absolute Gasteiger partial charge is 0.343 e. The molecule has 9 nitrogen and oxygen atoms in total. The largest absolute Gasteiger partial charge is 0.482 e. The Hall–Kier alpha value is -4.08. The van der Waals surface area contributed by atoms with Crippen LogP contribution < -0.4 is 20.2 Å². The van der Waals surface area contributed by atoms with Crippen LogP contribution in [0.4, 0.5) is 0 Å². The second-order valence-electron chi connectivity index (χ2n) is 8.25. The second kappa shape index (κ2) is 14.8. The van der Waals surface area contributed by atoms with E-state index >= 15 is 0 Å². The van der Waals surface area contributed by atoms with Crippen molar-refractivity contribution in [2.75, 3.05) is 13.7 Å². The highest BCUT2D eigenvalue weighted by molar-refractivity contribution is 6.35. The Balaban J connectivity index is 1.63. The summed E-state index contributed by atoms with van der Waals surface area (Å²) in [6.07, 6.45) is 0.727. The maximum Gasteiger partial charge on any atom is 0.343 e. The van der Waals surface area contributed by atoms with Crippen molar-refractivity contribution < 1.29 is 28.6 Å². The molecule has 0 saturated carbocycles. The summed E-state index contributed by atoms with van der Waals surface area (Å²) in [6, 6.07) is 19.7. The molecule has 0 bridgehead atoms. The zero-order valence-corrected chi connectivity index (χ0v) is 22.7. The van der Waals surface area contributed by atoms with E-state index < -0.39 is 29.9 Å². The van der Waals surface area contributed by atoms with Crippen molar-refractivity contribution in [3.05, 3.63) is 94.0 Å². The van der Waals surface area contributed by atoms with Crippen LogP contribution in [-0.2, 0) is 25.5 Å². The van der Waals surface area contributed by atoms with Crippen molar-refractivity contribution in [3.8, 4) is 11.5 Å². The number of amides is 2. The SMILES string of the molecule is COC(=O)COc1ccc(/C=N\NC(=O)[C@H](Cc2ccccc2)NC(=O)[C@@H](C)Oc2ccc(Cl)cc2Cl)cc1. The fourth-order valence-electron chi connectivity index (χ4n) is 3.26. The molecule has 39 heavy (non-hydrogen) atoms. The van der Waals surface area contributed by atoms with Crippen LogP contribution in [0.1, 0.15) is 18.1 Å². The minimum Gasteiger partial charge on any atom is -0.482 e. The van der Waals surface area contributed by atoms with Crippen molar-refractivity contribution >= 4 is 47.2 Å². The Morgan fingerprint density at radius 1 is 0.974 bits per heavy atom. The lowest BCUT2D eigenvalue weighted by atomic mass is 10.1. The number of nitrogens with zero attached hydrogens (tertiary/aromatic N) is 1. The molecule has 0 radical (unpaired) electrons. The van der Waals surface area contributed by atoms with E-state index in [2.05, 4.69) is 20.6 Å². The van der Waals surface area contributed by atoms with Gasteiger partial charge in [0.2, 0.25) is 0 Å². The van der Waals surface area contributed by atoms with Crippen LogP contribution in [0.3, 0.4) is 0 Å². The number of benzene rings is 3. The highest BCUT2D eigenvalue weighted by Gasteiger charge is 2.25. The first-order valence-corrected chi connectivity index (χ1v) is 12.6. The molecule has 3 aromatic rings. The van der Waals surface area contributed by atoms with E-state index in [1.807, 2.05) is 30.3 Å². The molecule has 0 aromatic heterocycles. The van der Waals surface area contributed by atoms with Gasteiger partial charge in [-0.1, -0.05) is 53.5 Å². The fourth-order valence-corrected chi connectivity index (χ4v) is 3.72. The van der Waals surface area contributed by atoms with Gasteiger partial charge >= 0.3 is 5.97 Å². The molecule has 3 aromatic carbocycles. The Morgan fingerprint density at radius 2 is 1.69 bits per heavy atom. The summed E-state index contributed by atoms with van der Waals surface area (Å²) in [5, 5.41) is 7.44. The number of halogens is 2. The number of ether oxygens (including phenoxy) is 3. The lowest BCUT2D eigenvalue weighted by molar-refractivity contribution is -0.142. The lowest BCUT2D eigenvalue weighted by Gasteiger charge is -2.21. The van der Waals surface area contributed by atoms with E-state index in [1.54, 1.807) is 43.3 Å². The molecule has 3 rings (SSSR count). The minimum absolute atomic E-state index is 0.203. The van der Waals surface area contributed by atoms with Gasteiger partial charge < -0.3 is 19.5 Å². The van der Waals surface area contributed by atoms with E-state index in [1.165, 1.54) is 19.4 Å². The first-order chi connectivity index (χ1) is 18.7. The van der Waals surface area contributed by atoms with Crippen LogP contribution in [0.25, 0.3) is 0 Å². The number of rotatable bonds is 12. The number of hydrogen-bond acceptors (Lipinski definition) is 7. The monoisotopic (exact) mass is 571 g/mol. The molecule has 0 saturated heterocycles. The van der Waals surface area contributed by atoms with Crippen LogP contribution in [-0.4, -0.2) is 49.9 Å². The van der Waals surface area contributed by atoms with Gasteiger partial charge in [0.05, 0.1) is 18.3 Å². The van der Waals surface area contributed by atoms with E-state index in [-0.39, 0.29) is 18.1 Å². The third-order valence-corrected chi connectivity index (χ3v) is 5.87. The van der Waals surface area contributed by atoms with Crippen LogP contribution in [0.5, 0.6) is 11.5 Å². The van der Waals surface area contributed by atoms with Crippen LogP contribution >= 0.6 is 23.2 Å². The highest BCUT2D eigenvalue weighted by Crippen LogP contribution is 2.28. The Labute approximate surface area is 236 Å². The second-order valence-corrected chi connectivity index (χ2v) is 9.10. The molecular weight excluding hydrogens is 545 g/mol. The van der Waals surface area contributed by atoms with E-state index in [0.717, 1.165) is 5.56 Å². The van der Waals surface area contributed by atoms with Crippen molar-refractivity contribution in [2.24, 2.45) is 5.10 Å². The van der Waals surface area contributed by atoms with Gasteiger partial charge in [-0.05, 0) is 60.5 Å². The van der Waals surface area contributed by atoms with Gasteiger partial charge in [0, 0.05) is 11.4 Å². The molecule has 0 aliphatic rings. The van der Waals surface area contributed by atoms with Crippen molar-refractivity contribution in [3.63, 3.8) is 0 Å². The summed E-state index contributed by atoms with van der Waals surface area (Å²) < 4.78 is 15.5. The molecule has 204 valence electrons. The quantitative estimate of drug-likeness (QED) is 0.191. The van der Waals surface area contributed by atoms with Crippen LogP contribution in [0.15, 0.2) is 77.9 Å². The normalized spacial score (nSPS) is 12.3. The van der Waals surface area contributed by atoms with Gasteiger partial charge in [-0.3, -0.25) is 9.59 Å². The Morgan fingerprint density at radius 3 is 2.36 bits per heavy atom. The zero-order chi connectivity index (χ0) is 28.2. The first-order valence-electron chi connectivity index (χ1n) is 11.8. The van der Waals surface area contributed by atoms with Gasteiger partial charge in [0.15, 0.2) is 12.7 Å². The molecule has 2 atom stereocenters. The maximum absolute atomic E-state index is 13.0. The van der Waals surface area contributed by atoms with Gasteiger partial charge in [-0.15, -0.1) is 0 Å². The Kier molecular flexibility index (Phi) is 11.1. The fraction of sp³-hybridized carbons (Fsp3) is 0.214. The van der Waals surface area contributed by atoms with Crippen molar-refractivity contribution in [1.82, 2.24) is 10.7 Å². The maximum atomic E-state index is 13.0. The standard InChI is InChI=1S/C28H27Cl2N3O6/c1-18(39-25-13-10-21(29)15-23(25)30)27(35)32-24(14-19-6-4-3-5-7-19)28(36)33-31-16-20-8-11-22(12-9-20)38-17-26(34)37-2/h3-13,15-16,18,24H,14,17H2,1-2H3,(H,32,35)(H,33,36)/b31-16-/t18-,24+/m1/s1. The summed E-state index contributed by atoms with van der Waals surface area (Å²) in [7, 11) is 1.28. The van der Waals surface area contributed by atoms with Gasteiger partial charge in [0.25, 0.3) is 11.8 Å². The molecule has 0 spiro atoms. The highest BCUT2D eigenvalue weighted by atomic mass is 35.5. The van der Waals surface area contributed by atoms with Gasteiger partial charge in [0.1, 0.15) is 17.5 Å². The molecular formula is C28H27Cl2N3O6. The van der Waals surface area contributed by atoms with Crippen LogP contribution in [0.2, 0.25) is 10.0 Å². The molecule has 0 heterocycles. The summed E-state index contributed by atoms with van der Waals surface area (Å²) in [5.74, 6) is -0.750.